The maximum atomic E-state index is 4.51. The zero-order valence-electron chi connectivity index (χ0n) is 15.3. The molecule has 2 aromatic rings. The highest BCUT2D eigenvalue weighted by Gasteiger charge is 2.28. The zero-order chi connectivity index (χ0) is 17.1. The second-order valence-corrected chi connectivity index (χ2v) is 7.19. The van der Waals surface area contributed by atoms with Crippen LogP contribution in [-0.2, 0) is 6.42 Å². The van der Waals surface area contributed by atoms with E-state index in [4.69, 9.17) is 0 Å². The maximum absolute atomic E-state index is 4.51. The summed E-state index contributed by atoms with van der Waals surface area (Å²) in [4.78, 5) is 2.52. The summed E-state index contributed by atoms with van der Waals surface area (Å²) < 4.78 is 0. The van der Waals surface area contributed by atoms with Gasteiger partial charge >= 0.3 is 0 Å². The van der Waals surface area contributed by atoms with Crippen molar-refractivity contribution in [3.05, 3.63) is 83.1 Å². The molecule has 1 heterocycles. The highest BCUT2D eigenvalue weighted by molar-refractivity contribution is 5.35. The molecule has 1 fully saturated rings. The summed E-state index contributed by atoms with van der Waals surface area (Å²) in [5.41, 5.74) is 7.04. The number of rotatable bonds is 4. The first-order chi connectivity index (χ1) is 11.6. The van der Waals surface area contributed by atoms with E-state index < -0.39 is 0 Å². The van der Waals surface area contributed by atoms with Crippen molar-refractivity contribution >= 4 is 0 Å². The number of allylic oxidation sites excluding steroid dienone is 1. The highest BCUT2D eigenvalue weighted by atomic mass is 15.2. The lowest BCUT2D eigenvalue weighted by Crippen LogP contribution is -2.35. The van der Waals surface area contributed by atoms with Crippen LogP contribution in [-0.4, -0.2) is 11.4 Å². The molecule has 0 aromatic heterocycles. The Bertz CT molecular complexity index is 681. The first-order valence-electron chi connectivity index (χ1n) is 9.13. The van der Waals surface area contributed by atoms with Crippen LogP contribution < -0.4 is 0 Å². The lowest BCUT2D eigenvalue weighted by molar-refractivity contribution is 0.193. The fourth-order valence-electron chi connectivity index (χ4n) is 4.04. The number of hydrogen-bond acceptors (Lipinski definition) is 1. The second kappa shape index (κ2) is 7.25. The smallest absolute Gasteiger partial charge is 0.0511 e. The summed E-state index contributed by atoms with van der Waals surface area (Å²) in [7, 11) is 0. The minimum Gasteiger partial charge on any atom is -0.368 e. The number of likely N-dealkylation sites (tertiary alicyclic amines) is 1. The molecule has 3 rings (SSSR count). The van der Waals surface area contributed by atoms with Crippen molar-refractivity contribution in [2.75, 3.05) is 6.54 Å². The van der Waals surface area contributed by atoms with Gasteiger partial charge in [-0.2, -0.15) is 0 Å². The maximum Gasteiger partial charge on any atom is 0.0511 e. The van der Waals surface area contributed by atoms with Crippen molar-refractivity contribution in [1.29, 1.82) is 0 Å². The normalized spacial score (nSPS) is 19.4. The fourth-order valence-corrected chi connectivity index (χ4v) is 4.04. The summed E-state index contributed by atoms with van der Waals surface area (Å²) in [6, 6.07) is 17.8. The Hall–Kier alpha value is -2.02. The summed E-state index contributed by atoms with van der Waals surface area (Å²) in [6.07, 6.45) is 3.63. The Morgan fingerprint density at radius 2 is 1.71 bits per heavy atom. The number of benzene rings is 2. The standard InChI is InChI=1S/C23H29N/c1-17-10-8-11-18(2)23(17)16-22-14-9-15-24(20(22)4)19(3)21-12-6-5-7-13-21/h5-8,10-13,19,22H,4,9,14-16H2,1-3H3/t19-,22+/m0/s1. The van der Waals surface area contributed by atoms with Crippen molar-refractivity contribution in [3.63, 3.8) is 0 Å². The molecule has 0 spiro atoms. The molecule has 1 aliphatic heterocycles. The summed E-state index contributed by atoms with van der Waals surface area (Å²) >= 11 is 0. The first kappa shape index (κ1) is 16.8. The van der Waals surface area contributed by atoms with E-state index in [9.17, 15) is 0 Å². The second-order valence-electron chi connectivity index (χ2n) is 7.19. The van der Waals surface area contributed by atoms with Crippen LogP contribution in [0, 0.1) is 19.8 Å². The lowest BCUT2D eigenvalue weighted by Gasteiger charge is -2.41. The molecule has 2 aromatic carbocycles. The molecule has 126 valence electrons. The molecule has 24 heavy (non-hydrogen) atoms. The largest absolute Gasteiger partial charge is 0.368 e. The third-order valence-corrected chi connectivity index (χ3v) is 5.64. The molecule has 0 N–H and O–H groups in total. The van der Waals surface area contributed by atoms with Crippen LogP contribution in [0.4, 0.5) is 0 Å². The van der Waals surface area contributed by atoms with E-state index >= 15 is 0 Å². The van der Waals surface area contributed by atoms with Crippen LogP contribution in [0.15, 0.2) is 60.8 Å². The molecular weight excluding hydrogens is 290 g/mol. The number of nitrogens with zero attached hydrogens (tertiary/aromatic N) is 1. The molecule has 0 saturated carbocycles. The summed E-state index contributed by atoms with van der Waals surface area (Å²) in [5.74, 6) is 0.560. The van der Waals surface area contributed by atoms with Gasteiger partial charge in [-0.1, -0.05) is 55.1 Å². The average Bonchev–Trinajstić information content (AvgIpc) is 2.60. The Labute approximate surface area is 147 Å². The Kier molecular flexibility index (Phi) is 5.08. The van der Waals surface area contributed by atoms with Gasteiger partial charge in [-0.15, -0.1) is 0 Å². The van der Waals surface area contributed by atoms with Crippen LogP contribution in [0.5, 0.6) is 0 Å². The predicted octanol–water partition coefficient (Wildman–Crippen LogP) is 5.83. The van der Waals surface area contributed by atoms with Gasteiger partial charge in [0.2, 0.25) is 0 Å². The molecule has 1 heteroatoms. The van der Waals surface area contributed by atoms with Crippen LogP contribution >= 0.6 is 0 Å². The van der Waals surface area contributed by atoms with Gasteiger partial charge in [0, 0.05) is 18.2 Å². The van der Waals surface area contributed by atoms with Gasteiger partial charge in [-0.25, -0.2) is 0 Å². The molecule has 0 unspecified atom stereocenters. The third-order valence-electron chi connectivity index (χ3n) is 5.64. The zero-order valence-corrected chi connectivity index (χ0v) is 15.3. The molecule has 0 bridgehead atoms. The van der Waals surface area contributed by atoms with Gasteiger partial charge < -0.3 is 4.90 Å². The fraction of sp³-hybridized carbons (Fsp3) is 0.391. The van der Waals surface area contributed by atoms with E-state index in [1.807, 2.05) is 0 Å². The molecule has 0 amide bonds. The quantitative estimate of drug-likeness (QED) is 0.685. The van der Waals surface area contributed by atoms with E-state index in [0.717, 1.165) is 13.0 Å². The minimum absolute atomic E-state index is 0.402. The summed E-state index contributed by atoms with van der Waals surface area (Å²) in [6.45, 7) is 12.4. The average molecular weight is 319 g/mol. The Morgan fingerprint density at radius 1 is 1.04 bits per heavy atom. The lowest BCUT2D eigenvalue weighted by atomic mass is 9.84. The first-order valence-corrected chi connectivity index (χ1v) is 9.13. The van der Waals surface area contributed by atoms with Crippen molar-refractivity contribution in [1.82, 2.24) is 4.90 Å². The van der Waals surface area contributed by atoms with E-state index in [1.54, 1.807) is 0 Å². The third kappa shape index (κ3) is 3.40. The van der Waals surface area contributed by atoms with Gasteiger partial charge in [0.1, 0.15) is 0 Å². The monoisotopic (exact) mass is 319 g/mol. The van der Waals surface area contributed by atoms with E-state index in [0.29, 0.717) is 12.0 Å². The van der Waals surface area contributed by atoms with E-state index in [1.165, 1.54) is 40.8 Å². The molecule has 0 radical (unpaired) electrons. The molecular formula is C23H29N. The highest BCUT2D eigenvalue weighted by Crippen LogP contribution is 2.35. The van der Waals surface area contributed by atoms with Crippen molar-refractivity contribution in [3.8, 4) is 0 Å². The van der Waals surface area contributed by atoms with Gasteiger partial charge in [0.15, 0.2) is 0 Å². The van der Waals surface area contributed by atoms with Gasteiger partial charge in [-0.05, 0) is 62.3 Å². The molecule has 1 saturated heterocycles. The molecule has 0 aliphatic carbocycles. The van der Waals surface area contributed by atoms with Crippen molar-refractivity contribution < 1.29 is 0 Å². The summed E-state index contributed by atoms with van der Waals surface area (Å²) in [5, 5.41) is 0. The SMILES string of the molecule is C=C1[C@@H](Cc2c(C)cccc2C)CCCN1[C@@H](C)c1ccccc1. The number of aryl methyl sites for hydroxylation is 2. The molecule has 1 aliphatic rings. The molecule has 1 nitrogen and oxygen atoms in total. The van der Waals surface area contributed by atoms with Crippen LogP contribution in [0.2, 0.25) is 0 Å². The van der Waals surface area contributed by atoms with E-state index in [-0.39, 0.29) is 0 Å². The number of piperidine rings is 1. The topological polar surface area (TPSA) is 3.24 Å². The van der Waals surface area contributed by atoms with Gasteiger partial charge in [0.25, 0.3) is 0 Å². The van der Waals surface area contributed by atoms with Crippen molar-refractivity contribution in [2.45, 2.75) is 46.1 Å². The predicted molar refractivity (Wildman–Crippen MR) is 103 cm³/mol. The van der Waals surface area contributed by atoms with Gasteiger partial charge in [-0.3, -0.25) is 0 Å². The Morgan fingerprint density at radius 3 is 2.38 bits per heavy atom. The van der Waals surface area contributed by atoms with E-state index in [2.05, 4.69) is 80.8 Å². The van der Waals surface area contributed by atoms with Crippen molar-refractivity contribution in [2.24, 2.45) is 5.92 Å². The van der Waals surface area contributed by atoms with Gasteiger partial charge in [0.05, 0.1) is 6.04 Å². The Balaban J connectivity index is 1.78. The van der Waals surface area contributed by atoms with Crippen LogP contribution in [0.25, 0.3) is 0 Å². The number of hydrogen-bond donors (Lipinski definition) is 0. The minimum atomic E-state index is 0.402. The van der Waals surface area contributed by atoms with Crippen LogP contribution in [0.3, 0.4) is 0 Å². The molecule has 2 atom stereocenters. The van der Waals surface area contributed by atoms with Crippen LogP contribution in [0.1, 0.15) is 48.1 Å².